The van der Waals surface area contributed by atoms with E-state index < -0.39 is 0 Å². The van der Waals surface area contributed by atoms with Gasteiger partial charge in [-0.1, -0.05) is 5.16 Å². The van der Waals surface area contributed by atoms with E-state index in [9.17, 15) is 4.79 Å². The number of hydrogen-bond donors (Lipinski definition) is 1. The smallest absolute Gasteiger partial charge is 0.410 e. The monoisotopic (exact) mass is 200 g/mol. The Kier molecular flexibility index (Phi) is 3.73. The third-order valence-electron chi connectivity index (χ3n) is 2.08. The number of oxime groups is 1. The second-order valence-electron chi connectivity index (χ2n) is 3.59. The molecule has 1 rings (SSSR count). The summed E-state index contributed by atoms with van der Waals surface area (Å²) in [5.74, 6) is 0. The molecular formula is C9H16N2O3. The van der Waals surface area contributed by atoms with E-state index in [0.29, 0.717) is 25.9 Å². The lowest BCUT2D eigenvalue weighted by Gasteiger charge is -2.27. The van der Waals surface area contributed by atoms with Crippen molar-refractivity contribution < 1.29 is 14.7 Å². The van der Waals surface area contributed by atoms with Gasteiger partial charge in [-0.25, -0.2) is 4.79 Å². The van der Waals surface area contributed by atoms with Crippen molar-refractivity contribution in [2.45, 2.75) is 32.8 Å². The molecule has 1 amide bonds. The second-order valence-corrected chi connectivity index (χ2v) is 3.59. The number of piperidine rings is 1. The zero-order chi connectivity index (χ0) is 10.6. The number of rotatable bonds is 1. The van der Waals surface area contributed by atoms with Crippen LogP contribution in [0.1, 0.15) is 26.7 Å². The van der Waals surface area contributed by atoms with E-state index in [1.807, 2.05) is 13.8 Å². The molecule has 1 saturated heterocycles. The molecule has 1 N–H and O–H groups in total. The third-order valence-corrected chi connectivity index (χ3v) is 2.08. The average molecular weight is 200 g/mol. The summed E-state index contributed by atoms with van der Waals surface area (Å²) >= 11 is 0. The van der Waals surface area contributed by atoms with Crippen molar-refractivity contribution in [3.05, 3.63) is 0 Å². The summed E-state index contributed by atoms with van der Waals surface area (Å²) < 4.78 is 5.04. The number of ether oxygens (including phenoxy) is 1. The Morgan fingerprint density at radius 3 is 2.50 bits per heavy atom. The average Bonchev–Trinajstić information content (AvgIpc) is 2.17. The van der Waals surface area contributed by atoms with Crippen LogP contribution < -0.4 is 0 Å². The Morgan fingerprint density at radius 1 is 1.50 bits per heavy atom. The Labute approximate surface area is 83.3 Å². The van der Waals surface area contributed by atoms with E-state index in [1.54, 1.807) is 4.90 Å². The molecule has 1 aliphatic heterocycles. The number of amides is 1. The number of likely N-dealkylation sites (tertiary alicyclic amines) is 1. The van der Waals surface area contributed by atoms with E-state index in [1.165, 1.54) is 0 Å². The second kappa shape index (κ2) is 4.83. The molecule has 0 aromatic heterocycles. The number of hydrogen-bond acceptors (Lipinski definition) is 4. The lowest BCUT2D eigenvalue weighted by atomic mass is 10.1. The maximum Gasteiger partial charge on any atom is 0.410 e. The molecule has 0 aromatic rings. The summed E-state index contributed by atoms with van der Waals surface area (Å²) in [6.07, 6.45) is 0.889. The molecule has 0 atom stereocenters. The van der Waals surface area contributed by atoms with Crippen molar-refractivity contribution in [3.8, 4) is 0 Å². The standard InChI is InChI=1S/C9H16N2O3/c1-7(2)14-9(12)11-5-3-8(10-13)4-6-11/h7,13H,3-6H2,1-2H3. The van der Waals surface area contributed by atoms with E-state index >= 15 is 0 Å². The maximum absolute atomic E-state index is 11.4. The Hall–Kier alpha value is -1.26. The summed E-state index contributed by atoms with van der Waals surface area (Å²) in [5, 5.41) is 11.7. The summed E-state index contributed by atoms with van der Waals surface area (Å²) in [6, 6.07) is 0. The Bertz CT molecular complexity index is 228. The van der Waals surface area contributed by atoms with Crippen LogP contribution in [0.25, 0.3) is 0 Å². The molecule has 5 heteroatoms. The normalized spacial score (nSPS) is 17.1. The van der Waals surface area contributed by atoms with Gasteiger partial charge >= 0.3 is 6.09 Å². The van der Waals surface area contributed by atoms with Crippen LogP contribution in [0, 0.1) is 0 Å². The highest BCUT2D eigenvalue weighted by Gasteiger charge is 2.21. The number of nitrogens with zero attached hydrogens (tertiary/aromatic N) is 2. The summed E-state index contributed by atoms with van der Waals surface area (Å²) in [4.78, 5) is 13.0. The molecule has 0 bridgehead atoms. The minimum absolute atomic E-state index is 0.0876. The largest absolute Gasteiger partial charge is 0.447 e. The van der Waals surface area contributed by atoms with Gasteiger partial charge in [0.25, 0.3) is 0 Å². The van der Waals surface area contributed by atoms with Crippen LogP contribution >= 0.6 is 0 Å². The highest BCUT2D eigenvalue weighted by Crippen LogP contribution is 2.09. The fourth-order valence-electron chi connectivity index (χ4n) is 1.32. The fourth-order valence-corrected chi connectivity index (χ4v) is 1.32. The van der Waals surface area contributed by atoms with Gasteiger partial charge in [0, 0.05) is 25.9 Å². The highest BCUT2D eigenvalue weighted by atomic mass is 16.6. The van der Waals surface area contributed by atoms with Gasteiger partial charge < -0.3 is 14.8 Å². The van der Waals surface area contributed by atoms with Crippen LogP contribution in [-0.2, 0) is 4.74 Å². The highest BCUT2D eigenvalue weighted by molar-refractivity contribution is 5.86. The molecule has 14 heavy (non-hydrogen) atoms. The molecule has 0 aliphatic carbocycles. The molecule has 0 radical (unpaired) electrons. The van der Waals surface area contributed by atoms with E-state index in [2.05, 4.69) is 5.16 Å². The van der Waals surface area contributed by atoms with Crippen molar-refractivity contribution in [2.75, 3.05) is 13.1 Å². The van der Waals surface area contributed by atoms with E-state index in [0.717, 1.165) is 5.71 Å². The SMILES string of the molecule is CC(C)OC(=O)N1CCC(=NO)CC1. The summed E-state index contributed by atoms with van der Waals surface area (Å²) in [7, 11) is 0. The Morgan fingerprint density at radius 2 is 2.07 bits per heavy atom. The third kappa shape index (κ3) is 2.90. The lowest BCUT2D eigenvalue weighted by molar-refractivity contribution is 0.0764. The first-order valence-electron chi connectivity index (χ1n) is 4.79. The first kappa shape index (κ1) is 10.8. The first-order valence-corrected chi connectivity index (χ1v) is 4.79. The van der Waals surface area contributed by atoms with Crippen molar-refractivity contribution >= 4 is 11.8 Å². The molecular weight excluding hydrogens is 184 g/mol. The van der Waals surface area contributed by atoms with E-state index in [-0.39, 0.29) is 12.2 Å². The van der Waals surface area contributed by atoms with Gasteiger partial charge in [-0.3, -0.25) is 0 Å². The van der Waals surface area contributed by atoms with Gasteiger partial charge in [0.1, 0.15) is 0 Å². The summed E-state index contributed by atoms with van der Waals surface area (Å²) in [6.45, 7) is 4.79. The first-order chi connectivity index (χ1) is 6.63. The van der Waals surface area contributed by atoms with Gasteiger partial charge in [0.2, 0.25) is 0 Å². The van der Waals surface area contributed by atoms with Gasteiger partial charge in [-0.05, 0) is 13.8 Å². The lowest BCUT2D eigenvalue weighted by Crippen LogP contribution is -2.39. The summed E-state index contributed by atoms with van der Waals surface area (Å²) in [5.41, 5.74) is 0.749. The number of carbonyl (C=O) groups excluding carboxylic acids is 1. The van der Waals surface area contributed by atoms with Crippen molar-refractivity contribution in [1.82, 2.24) is 4.90 Å². The van der Waals surface area contributed by atoms with Crippen LogP contribution in [0.5, 0.6) is 0 Å². The molecule has 5 nitrogen and oxygen atoms in total. The predicted octanol–water partition coefficient (Wildman–Crippen LogP) is 1.46. The van der Waals surface area contributed by atoms with Crippen molar-refractivity contribution in [1.29, 1.82) is 0 Å². The predicted molar refractivity (Wildman–Crippen MR) is 51.6 cm³/mol. The van der Waals surface area contributed by atoms with Crippen molar-refractivity contribution in [3.63, 3.8) is 0 Å². The minimum Gasteiger partial charge on any atom is -0.447 e. The fraction of sp³-hybridized carbons (Fsp3) is 0.778. The van der Waals surface area contributed by atoms with Gasteiger partial charge in [-0.2, -0.15) is 0 Å². The molecule has 0 aromatic carbocycles. The van der Waals surface area contributed by atoms with Crippen molar-refractivity contribution in [2.24, 2.45) is 5.16 Å². The van der Waals surface area contributed by atoms with Crippen LogP contribution in [0.3, 0.4) is 0 Å². The van der Waals surface area contributed by atoms with E-state index in [4.69, 9.17) is 9.94 Å². The molecule has 0 spiro atoms. The molecule has 80 valence electrons. The molecule has 0 unspecified atom stereocenters. The number of carbonyl (C=O) groups is 1. The van der Waals surface area contributed by atoms with Gasteiger partial charge in [-0.15, -0.1) is 0 Å². The van der Waals surface area contributed by atoms with Crippen LogP contribution in [-0.4, -0.2) is 41.1 Å². The van der Waals surface area contributed by atoms with Gasteiger partial charge in [0.05, 0.1) is 11.8 Å². The molecule has 1 fully saturated rings. The topological polar surface area (TPSA) is 62.1 Å². The molecule has 0 saturated carbocycles. The van der Waals surface area contributed by atoms with Crippen LogP contribution in [0.2, 0.25) is 0 Å². The molecule has 1 heterocycles. The quantitative estimate of drug-likeness (QED) is 0.515. The zero-order valence-electron chi connectivity index (χ0n) is 8.56. The van der Waals surface area contributed by atoms with Crippen LogP contribution in [0.15, 0.2) is 5.16 Å². The maximum atomic E-state index is 11.4. The zero-order valence-corrected chi connectivity index (χ0v) is 8.56. The van der Waals surface area contributed by atoms with Gasteiger partial charge in [0.15, 0.2) is 0 Å². The Balaban J connectivity index is 2.38. The molecule has 1 aliphatic rings. The minimum atomic E-state index is -0.281. The van der Waals surface area contributed by atoms with Crippen LogP contribution in [0.4, 0.5) is 4.79 Å².